The standard InChI is InChI=1S/C13H14BrFN2O2/c1-17(7-12(18)16-9-3-4-9)13(19)8-2-5-10(14)11(15)6-8/h2,5-6,9H,3-4,7H2,1H3,(H,16,18). The lowest BCUT2D eigenvalue weighted by Crippen LogP contribution is -2.39. The van der Waals surface area contributed by atoms with E-state index in [1.54, 1.807) is 0 Å². The monoisotopic (exact) mass is 328 g/mol. The SMILES string of the molecule is CN(CC(=O)NC1CC1)C(=O)c1ccc(Br)c(F)c1. The molecule has 1 aliphatic carbocycles. The summed E-state index contributed by atoms with van der Waals surface area (Å²) in [4.78, 5) is 24.9. The summed E-state index contributed by atoms with van der Waals surface area (Å²) in [7, 11) is 1.52. The summed E-state index contributed by atoms with van der Waals surface area (Å²) in [6.07, 6.45) is 2.00. The summed E-state index contributed by atoms with van der Waals surface area (Å²) in [5, 5.41) is 2.80. The Morgan fingerprint density at radius 1 is 1.47 bits per heavy atom. The zero-order valence-electron chi connectivity index (χ0n) is 10.5. The van der Waals surface area contributed by atoms with Crippen LogP contribution in [0.25, 0.3) is 0 Å². The normalized spacial score (nSPS) is 14.1. The van der Waals surface area contributed by atoms with Crippen molar-refractivity contribution in [2.45, 2.75) is 18.9 Å². The Kier molecular flexibility index (Phi) is 4.19. The van der Waals surface area contributed by atoms with Crippen LogP contribution in [0.5, 0.6) is 0 Å². The largest absolute Gasteiger partial charge is 0.352 e. The van der Waals surface area contributed by atoms with E-state index in [1.807, 2.05) is 0 Å². The van der Waals surface area contributed by atoms with Crippen LogP contribution in [0.2, 0.25) is 0 Å². The van der Waals surface area contributed by atoms with Gasteiger partial charge in [-0.15, -0.1) is 0 Å². The number of halogens is 2. The fourth-order valence-corrected chi connectivity index (χ4v) is 1.88. The molecule has 1 aromatic carbocycles. The Hall–Kier alpha value is -1.43. The molecule has 0 heterocycles. The number of carbonyl (C=O) groups excluding carboxylic acids is 2. The number of amides is 2. The summed E-state index contributed by atoms with van der Waals surface area (Å²) in [6, 6.07) is 4.41. The van der Waals surface area contributed by atoms with Gasteiger partial charge in [0.2, 0.25) is 5.91 Å². The van der Waals surface area contributed by atoms with Gasteiger partial charge in [-0.2, -0.15) is 0 Å². The summed E-state index contributed by atoms with van der Waals surface area (Å²) in [5.74, 6) is -1.06. The lowest BCUT2D eigenvalue weighted by atomic mass is 10.2. The lowest BCUT2D eigenvalue weighted by molar-refractivity contribution is -0.121. The molecule has 0 radical (unpaired) electrons. The molecule has 1 aliphatic rings. The molecule has 0 aliphatic heterocycles. The number of likely N-dealkylation sites (N-methyl/N-ethyl adjacent to an activating group) is 1. The number of nitrogens with zero attached hydrogens (tertiary/aromatic N) is 1. The van der Waals surface area contributed by atoms with Gasteiger partial charge in [0.1, 0.15) is 5.82 Å². The Morgan fingerprint density at radius 3 is 2.74 bits per heavy atom. The highest BCUT2D eigenvalue weighted by molar-refractivity contribution is 9.10. The fourth-order valence-electron chi connectivity index (χ4n) is 1.64. The van der Waals surface area contributed by atoms with Crippen molar-refractivity contribution in [3.8, 4) is 0 Å². The quantitative estimate of drug-likeness (QED) is 0.918. The van der Waals surface area contributed by atoms with Crippen molar-refractivity contribution in [1.29, 1.82) is 0 Å². The molecule has 0 atom stereocenters. The second-order valence-electron chi connectivity index (χ2n) is 4.63. The van der Waals surface area contributed by atoms with Crippen molar-refractivity contribution in [3.63, 3.8) is 0 Å². The summed E-state index contributed by atoms with van der Waals surface area (Å²) in [5.41, 5.74) is 0.224. The zero-order valence-corrected chi connectivity index (χ0v) is 12.0. The summed E-state index contributed by atoms with van der Waals surface area (Å²) in [6.45, 7) is -0.0208. The number of carbonyl (C=O) groups is 2. The van der Waals surface area contributed by atoms with Gasteiger partial charge in [0.15, 0.2) is 0 Å². The molecule has 0 unspecified atom stereocenters. The van der Waals surface area contributed by atoms with Gasteiger partial charge >= 0.3 is 0 Å². The number of hydrogen-bond donors (Lipinski definition) is 1. The van der Waals surface area contributed by atoms with Gasteiger partial charge in [-0.3, -0.25) is 9.59 Å². The Bertz CT molecular complexity index is 517. The van der Waals surface area contributed by atoms with Gasteiger partial charge in [-0.25, -0.2) is 4.39 Å². The van der Waals surface area contributed by atoms with Gasteiger partial charge in [-0.1, -0.05) is 0 Å². The van der Waals surface area contributed by atoms with Gasteiger partial charge in [0.25, 0.3) is 5.91 Å². The van der Waals surface area contributed by atoms with Crippen LogP contribution >= 0.6 is 15.9 Å². The number of rotatable bonds is 4. The molecule has 0 bridgehead atoms. The third-order valence-electron chi connectivity index (χ3n) is 2.84. The van der Waals surface area contributed by atoms with Gasteiger partial charge in [-0.05, 0) is 47.0 Å². The van der Waals surface area contributed by atoms with Crippen LogP contribution in [0.1, 0.15) is 23.2 Å². The van der Waals surface area contributed by atoms with Crippen LogP contribution < -0.4 is 5.32 Å². The molecular formula is C13H14BrFN2O2. The van der Waals surface area contributed by atoms with Crippen LogP contribution in [-0.2, 0) is 4.79 Å². The Morgan fingerprint density at radius 2 is 2.16 bits per heavy atom. The molecule has 2 amide bonds. The highest BCUT2D eigenvalue weighted by Crippen LogP contribution is 2.19. The van der Waals surface area contributed by atoms with E-state index >= 15 is 0 Å². The maximum Gasteiger partial charge on any atom is 0.254 e. The molecule has 19 heavy (non-hydrogen) atoms. The third kappa shape index (κ3) is 3.76. The van der Waals surface area contributed by atoms with Crippen LogP contribution in [0.15, 0.2) is 22.7 Å². The minimum absolute atomic E-state index is 0.0208. The first kappa shape index (κ1) is 14.0. The van der Waals surface area contributed by atoms with E-state index in [1.165, 1.54) is 24.1 Å². The van der Waals surface area contributed by atoms with Crippen molar-refractivity contribution < 1.29 is 14.0 Å². The molecule has 1 fully saturated rings. The molecular weight excluding hydrogens is 315 g/mol. The van der Waals surface area contributed by atoms with Crippen molar-refractivity contribution in [2.75, 3.05) is 13.6 Å². The number of nitrogens with one attached hydrogen (secondary N) is 1. The first-order valence-corrected chi connectivity index (χ1v) is 6.76. The average Bonchev–Trinajstić information content (AvgIpc) is 3.15. The van der Waals surface area contributed by atoms with Crippen molar-refractivity contribution in [1.82, 2.24) is 10.2 Å². The van der Waals surface area contributed by atoms with E-state index in [9.17, 15) is 14.0 Å². The average molecular weight is 329 g/mol. The molecule has 0 spiro atoms. The number of benzene rings is 1. The van der Waals surface area contributed by atoms with E-state index in [-0.39, 0.29) is 30.0 Å². The third-order valence-corrected chi connectivity index (χ3v) is 3.48. The highest BCUT2D eigenvalue weighted by Gasteiger charge is 2.24. The first-order valence-electron chi connectivity index (χ1n) is 5.97. The second kappa shape index (κ2) is 5.69. The molecule has 1 N–H and O–H groups in total. The zero-order chi connectivity index (χ0) is 14.0. The molecule has 4 nitrogen and oxygen atoms in total. The van der Waals surface area contributed by atoms with Crippen LogP contribution in [0.3, 0.4) is 0 Å². The first-order chi connectivity index (χ1) is 8.97. The van der Waals surface area contributed by atoms with Crippen LogP contribution in [0, 0.1) is 5.82 Å². The molecule has 0 saturated heterocycles. The van der Waals surface area contributed by atoms with Gasteiger partial charge in [0.05, 0.1) is 11.0 Å². The smallest absolute Gasteiger partial charge is 0.254 e. The maximum absolute atomic E-state index is 13.3. The molecule has 2 rings (SSSR count). The predicted molar refractivity (Wildman–Crippen MR) is 72.2 cm³/mol. The van der Waals surface area contributed by atoms with Crippen molar-refractivity contribution >= 4 is 27.7 Å². The number of hydrogen-bond acceptors (Lipinski definition) is 2. The maximum atomic E-state index is 13.3. The van der Waals surface area contributed by atoms with E-state index in [2.05, 4.69) is 21.2 Å². The second-order valence-corrected chi connectivity index (χ2v) is 5.49. The fraction of sp³-hybridized carbons (Fsp3) is 0.385. The topological polar surface area (TPSA) is 49.4 Å². The van der Waals surface area contributed by atoms with Gasteiger partial charge in [0, 0.05) is 18.7 Å². The summed E-state index contributed by atoms with van der Waals surface area (Å²) >= 11 is 3.03. The van der Waals surface area contributed by atoms with E-state index in [0.29, 0.717) is 4.47 Å². The molecule has 102 valence electrons. The predicted octanol–water partition coefficient (Wildman–Crippen LogP) is 1.94. The highest BCUT2D eigenvalue weighted by atomic mass is 79.9. The molecule has 6 heteroatoms. The van der Waals surface area contributed by atoms with E-state index in [0.717, 1.165) is 18.9 Å². The van der Waals surface area contributed by atoms with Crippen LogP contribution in [-0.4, -0.2) is 36.3 Å². The Labute approximate surface area is 119 Å². The minimum Gasteiger partial charge on any atom is -0.352 e. The van der Waals surface area contributed by atoms with E-state index in [4.69, 9.17) is 0 Å². The molecule has 1 aromatic rings. The van der Waals surface area contributed by atoms with Crippen LogP contribution in [0.4, 0.5) is 4.39 Å². The van der Waals surface area contributed by atoms with E-state index < -0.39 is 5.82 Å². The molecule has 0 aromatic heterocycles. The minimum atomic E-state index is -0.498. The van der Waals surface area contributed by atoms with Crippen molar-refractivity contribution in [3.05, 3.63) is 34.1 Å². The summed E-state index contributed by atoms with van der Waals surface area (Å²) < 4.78 is 13.7. The van der Waals surface area contributed by atoms with Crippen molar-refractivity contribution in [2.24, 2.45) is 0 Å². The lowest BCUT2D eigenvalue weighted by Gasteiger charge is -2.17. The molecule has 1 saturated carbocycles. The Balaban J connectivity index is 1.97. The van der Waals surface area contributed by atoms with Gasteiger partial charge < -0.3 is 10.2 Å².